The second kappa shape index (κ2) is 7.23. The van der Waals surface area contributed by atoms with Crippen molar-refractivity contribution in [2.75, 3.05) is 5.75 Å². The number of pyridine rings is 1. The van der Waals surface area contributed by atoms with Crippen molar-refractivity contribution in [3.8, 4) is 12.1 Å². The highest BCUT2D eigenvalue weighted by molar-refractivity contribution is 8.00. The molecule has 126 valence electrons. The van der Waals surface area contributed by atoms with Crippen LogP contribution in [0.25, 0.3) is 0 Å². The predicted molar refractivity (Wildman–Crippen MR) is 93.4 cm³/mol. The third kappa shape index (κ3) is 3.55. The summed E-state index contributed by atoms with van der Waals surface area (Å²) in [5.74, 6) is -0.0720. The number of carbonyl (C=O) groups is 1. The third-order valence-corrected chi connectivity index (χ3v) is 5.68. The van der Waals surface area contributed by atoms with Gasteiger partial charge in [-0.2, -0.15) is 10.5 Å². The average molecular weight is 342 g/mol. The van der Waals surface area contributed by atoms with Crippen molar-refractivity contribution in [1.29, 1.82) is 10.5 Å². The Hall–Kier alpha value is -2.05. The number of aromatic nitrogens is 1. The standard InChI is InChI=1S/C18H22N4OS/c1-11(2)18(4,10-20)22-16(23)9-24-17-14(8-19)12(3)13-6-5-7-15(13)21-17/h11H,5-7,9H2,1-4H3,(H,22,23). The molecule has 1 amide bonds. The van der Waals surface area contributed by atoms with Crippen molar-refractivity contribution >= 4 is 17.7 Å². The Bertz CT molecular complexity index is 745. The van der Waals surface area contributed by atoms with Crippen LogP contribution in [-0.2, 0) is 17.6 Å². The molecule has 0 spiro atoms. The lowest BCUT2D eigenvalue weighted by Crippen LogP contribution is -2.49. The van der Waals surface area contributed by atoms with Crippen LogP contribution in [0.3, 0.4) is 0 Å². The number of rotatable bonds is 5. The first-order valence-electron chi connectivity index (χ1n) is 8.10. The van der Waals surface area contributed by atoms with Gasteiger partial charge in [0.05, 0.1) is 17.4 Å². The smallest absolute Gasteiger partial charge is 0.231 e. The molecule has 1 heterocycles. The van der Waals surface area contributed by atoms with Gasteiger partial charge in [-0.3, -0.25) is 4.79 Å². The van der Waals surface area contributed by atoms with Crippen LogP contribution in [0, 0.1) is 35.5 Å². The molecule has 1 aliphatic rings. The zero-order valence-corrected chi connectivity index (χ0v) is 15.4. The minimum atomic E-state index is -0.892. The molecule has 0 radical (unpaired) electrons. The minimum absolute atomic E-state index is 0.00600. The van der Waals surface area contributed by atoms with Gasteiger partial charge in [0.1, 0.15) is 16.6 Å². The van der Waals surface area contributed by atoms with Crippen LogP contribution in [0.4, 0.5) is 0 Å². The summed E-state index contributed by atoms with van der Waals surface area (Å²) in [6.07, 6.45) is 2.97. The molecule has 1 unspecified atom stereocenters. The lowest BCUT2D eigenvalue weighted by Gasteiger charge is -2.27. The quantitative estimate of drug-likeness (QED) is 0.831. The number of carbonyl (C=O) groups excluding carboxylic acids is 1. The van der Waals surface area contributed by atoms with Gasteiger partial charge >= 0.3 is 0 Å². The van der Waals surface area contributed by atoms with Gasteiger partial charge < -0.3 is 5.32 Å². The molecule has 1 aromatic rings. The number of hydrogen-bond acceptors (Lipinski definition) is 5. The number of fused-ring (bicyclic) bond motifs is 1. The molecule has 0 saturated carbocycles. The Morgan fingerprint density at radius 3 is 2.71 bits per heavy atom. The highest BCUT2D eigenvalue weighted by Gasteiger charge is 2.30. The van der Waals surface area contributed by atoms with E-state index in [0.29, 0.717) is 10.6 Å². The van der Waals surface area contributed by atoms with Gasteiger partial charge in [0.25, 0.3) is 0 Å². The fourth-order valence-electron chi connectivity index (χ4n) is 2.74. The van der Waals surface area contributed by atoms with E-state index in [1.54, 1.807) is 6.92 Å². The molecule has 2 rings (SSSR count). The number of hydrogen-bond donors (Lipinski definition) is 1. The average Bonchev–Trinajstić information content (AvgIpc) is 3.01. The van der Waals surface area contributed by atoms with Crippen molar-refractivity contribution in [3.63, 3.8) is 0 Å². The summed E-state index contributed by atoms with van der Waals surface area (Å²) in [4.78, 5) is 16.8. The first-order valence-corrected chi connectivity index (χ1v) is 9.08. The van der Waals surface area contributed by atoms with Crippen molar-refractivity contribution in [2.24, 2.45) is 5.92 Å². The van der Waals surface area contributed by atoms with Crippen LogP contribution in [0.15, 0.2) is 5.03 Å². The van der Waals surface area contributed by atoms with E-state index in [9.17, 15) is 15.3 Å². The molecule has 5 nitrogen and oxygen atoms in total. The molecule has 0 saturated heterocycles. The van der Waals surface area contributed by atoms with E-state index >= 15 is 0 Å². The molecule has 1 N–H and O–H groups in total. The van der Waals surface area contributed by atoms with E-state index in [2.05, 4.69) is 22.4 Å². The summed E-state index contributed by atoms with van der Waals surface area (Å²) in [7, 11) is 0. The van der Waals surface area contributed by atoms with Gasteiger partial charge in [-0.25, -0.2) is 4.98 Å². The van der Waals surface area contributed by atoms with Gasteiger partial charge in [0.15, 0.2) is 0 Å². The second-order valence-electron chi connectivity index (χ2n) is 6.61. The van der Waals surface area contributed by atoms with Crippen LogP contribution in [-0.4, -0.2) is 22.2 Å². The van der Waals surface area contributed by atoms with Crippen LogP contribution < -0.4 is 5.32 Å². The van der Waals surface area contributed by atoms with Gasteiger partial charge in [-0.15, -0.1) is 0 Å². The summed E-state index contributed by atoms with van der Waals surface area (Å²) >= 11 is 1.27. The largest absolute Gasteiger partial charge is 0.337 e. The van der Waals surface area contributed by atoms with Crippen molar-refractivity contribution in [1.82, 2.24) is 10.3 Å². The summed E-state index contributed by atoms with van der Waals surface area (Å²) in [6, 6.07) is 4.39. The Morgan fingerprint density at radius 2 is 2.12 bits per heavy atom. The number of thioether (sulfide) groups is 1. The monoisotopic (exact) mass is 342 g/mol. The fourth-order valence-corrected chi connectivity index (χ4v) is 3.60. The summed E-state index contributed by atoms with van der Waals surface area (Å²) in [6.45, 7) is 7.48. The first-order chi connectivity index (χ1) is 11.3. The zero-order valence-electron chi connectivity index (χ0n) is 14.6. The van der Waals surface area contributed by atoms with E-state index in [0.717, 1.165) is 30.5 Å². The van der Waals surface area contributed by atoms with Crippen LogP contribution in [0.1, 0.15) is 49.6 Å². The number of amides is 1. The van der Waals surface area contributed by atoms with Crippen LogP contribution >= 0.6 is 11.8 Å². The van der Waals surface area contributed by atoms with E-state index in [-0.39, 0.29) is 17.6 Å². The molecule has 0 fully saturated rings. The molecule has 1 aliphatic carbocycles. The Morgan fingerprint density at radius 1 is 1.42 bits per heavy atom. The summed E-state index contributed by atoms with van der Waals surface area (Å²) in [5.41, 5.74) is 2.92. The molecule has 0 bridgehead atoms. The molecule has 24 heavy (non-hydrogen) atoms. The van der Waals surface area contributed by atoms with Crippen LogP contribution in [0.5, 0.6) is 0 Å². The number of nitrogens with zero attached hydrogens (tertiary/aromatic N) is 3. The maximum atomic E-state index is 12.2. The zero-order chi connectivity index (χ0) is 17.9. The summed E-state index contributed by atoms with van der Waals surface area (Å²) in [5, 5.41) is 22.1. The Balaban J connectivity index is 2.13. The van der Waals surface area contributed by atoms with E-state index in [1.807, 2.05) is 20.8 Å². The SMILES string of the molecule is Cc1c(C#N)c(SCC(=O)NC(C)(C#N)C(C)C)nc2c1CCC2. The van der Waals surface area contributed by atoms with Gasteiger partial charge in [-0.05, 0) is 50.2 Å². The van der Waals surface area contributed by atoms with E-state index in [4.69, 9.17) is 0 Å². The number of nitrogens with one attached hydrogen (secondary N) is 1. The topological polar surface area (TPSA) is 89.6 Å². The highest BCUT2D eigenvalue weighted by Crippen LogP contribution is 2.31. The van der Waals surface area contributed by atoms with Gasteiger partial charge in [0.2, 0.25) is 5.91 Å². The van der Waals surface area contributed by atoms with Crippen molar-refractivity contribution in [3.05, 3.63) is 22.4 Å². The third-order valence-electron chi connectivity index (χ3n) is 4.70. The fraction of sp³-hybridized carbons (Fsp3) is 0.556. The van der Waals surface area contributed by atoms with Gasteiger partial charge in [0, 0.05) is 5.69 Å². The lowest BCUT2D eigenvalue weighted by molar-refractivity contribution is -0.120. The first kappa shape index (κ1) is 18.3. The van der Waals surface area contributed by atoms with Gasteiger partial charge in [-0.1, -0.05) is 25.6 Å². The van der Waals surface area contributed by atoms with Crippen LogP contribution in [0.2, 0.25) is 0 Å². The molecule has 1 atom stereocenters. The lowest BCUT2D eigenvalue weighted by atomic mass is 9.90. The molecular weight excluding hydrogens is 320 g/mol. The van der Waals surface area contributed by atoms with Crippen molar-refractivity contribution in [2.45, 2.75) is 57.5 Å². The van der Waals surface area contributed by atoms with E-state index in [1.165, 1.54) is 17.3 Å². The molecule has 0 aliphatic heterocycles. The normalized spacial score (nSPS) is 15.3. The maximum absolute atomic E-state index is 12.2. The highest BCUT2D eigenvalue weighted by atomic mass is 32.2. The predicted octanol–water partition coefficient (Wildman–Crippen LogP) is 2.90. The van der Waals surface area contributed by atoms with E-state index < -0.39 is 5.54 Å². The molecular formula is C18H22N4OS. The molecule has 1 aromatic heterocycles. The Labute approximate surface area is 147 Å². The second-order valence-corrected chi connectivity index (χ2v) is 7.58. The molecule has 0 aromatic carbocycles. The Kier molecular flexibility index (Phi) is 5.51. The maximum Gasteiger partial charge on any atom is 0.231 e. The van der Waals surface area contributed by atoms with Crippen molar-refractivity contribution < 1.29 is 4.79 Å². The number of aryl methyl sites for hydroxylation is 1. The summed E-state index contributed by atoms with van der Waals surface area (Å²) < 4.78 is 0. The molecule has 6 heteroatoms. The number of nitriles is 2. The minimum Gasteiger partial charge on any atom is -0.337 e.